The summed E-state index contributed by atoms with van der Waals surface area (Å²) in [5.41, 5.74) is 9.96. The van der Waals surface area contributed by atoms with Gasteiger partial charge in [-0.15, -0.1) is 0 Å². The van der Waals surface area contributed by atoms with E-state index in [2.05, 4.69) is 37.3 Å². The van der Waals surface area contributed by atoms with Crippen molar-refractivity contribution in [2.75, 3.05) is 6.61 Å². The molecule has 25 heavy (non-hydrogen) atoms. The predicted octanol–water partition coefficient (Wildman–Crippen LogP) is 5.58. The van der Waals surface area contributed by atoms with Gasteiger partial charge in [0.2, 0.25) is 0 Å². The highest BCUT2D eigenvalue weighted by Gasteiger charge is 2.26. The zero-order valence-corrected chi connectivity index (χ0v) is 16.3. The van der Waals surface area contributed by atoms with Gasteiger partial charge < -0.3 is 10.8 Å². The lowest BCUT2D eigenvalue weighted by Crippen LogP contribution is -2.41. The molecule has 0 aromatic heterocycles. The molecule has 3 N–H and O–H groups in total. The first-order valence-corrected chi connectivity index (χ1v) is 10.2. The Bertz CT molecular complexity index is 547. The molecule has 0 saturated carbocycles. The summed E-state index contributed by atoms with van der Waals surface area (Å²) < 4.78 is 0. The van der Waals surface area contributed by atoms with Gasteiger partial charge in [-0.3, -0.25) is 0 Å². The molecular weight excluding hydrogens is 306 g/mol. The van der Waals surface area contributed by atoms with Crippen molar-refractivity contribution < 1.29 is 5.11 Å². The van der Waals surface area contributed by atoms with Crippen LogP contribution in [0.15, 0.2) is 24.3 Å². The minimum Gasteiger partial charge on any atom is -0.394 e. The van der Waals surface area contributed by atoms with E-state index in [1.807, 2.05) is 6.92 Å². The Balaban J connectivity index is 1.98. The molecule has 1 aliphatic carbocycles. The summed E-state index contributed by atoms with van der Waals surface area (Å²) in [7, 11) is 0. The molecule has 0 heterocycles. The third-order valence-electron chi connectivity index (χ3n) is 5.46. The molecule has 2 atom stereocenters. The number of hydrogen-bond donors (Lipinski definition) is 2. The monoisotopic (exact) mass is 343 g/mol. The summed E-state index contributed by atoms with van der Waals surface area (Å²) in [5.74, 6) is 0.440. The van der Waals surface area contributed by atoms with Crippen molar-refractivity contribution in [1.29, 1.82) is 0 Å². The average molecular weight is 344 g/mol. The second-order valence-corrected chi connectivity index (χ2v) is 8.17. The fourth-order valence-electron chi connectivity index (χ4n) is 3.91. The van der Waals surface area contributed by atoms with Gasteiger partial charge in [0.25, 0.3) is 0 Å². The Morgan fingerprint density at radius 2 is 1.92 bits per heavy atom. The number of allylic oxidation sites excluding steroid dienone is 1. The van der Waals surface area contributed by atoms with E-state index in [4.69, 9.17) is 5.73 Å². The topological polar surface area (TPSA) is 46.2 Å². The maximum absolute atomic E-state index is 9.52. The average Bonchev–Trinajstić information content (AvgIpc) is 2.79. The minimum atomic E-state index is -0.497. The van der Waals surface area contributed by atoms with E-state index in [1.165, 1.54) is 61.6 Å². The summed E-state index contributed by atoms with van der Waals surface area (Å²) in [5, 5.41) is 9.52. The maximum Gasteiger partial charge on any atom is 0.0608 e. The number of aliphatic hydroxyl groups is 1. The quantitative estimate of drug-likeness (QED) is 0.545. The Morgan fingerprint density at radius 1 is 1.16 bits per heavy atom. The van der Waals surface area contributed by atoms with Crippen molar-refractivity contribution in [1.82, 2.24) is 0 Å². The van der Waals surface area contributed by atoms with Crippen molar-refractivity contribution >= 4 is 6.08 Å². The van der Waals surface area contributed by atoms with Gasteiger partial charge in [-0.05, 0) is 61.6 Å². The molecule has 0 fully saturated rings. The molecule has 2 nitrogen and oxygen atoms in total. The molecule has 2 rings (SSSR count). The zero-order chi connectivity index (χ0) is 18.1. The first kappa shape index (κ1) is 20.2. The van der Waals surface area contributed by atoms with Gasteiger partial charge in [0.15, 0.2) is 0 Å². The number of fused-ring (bicyclic) bond motifs is 1. The Labute approximate surface area is 154 Å². The number of hydrogen-bond acceptors (Lipinski definition) is 2. The first-order valence-electron chi connectivity index (χ1n) is 10.2. The van der Waals surface area contributed by atoms with Gasteiger partial charge in [-0.2, -0.15) is 0 Å². The number of aliphatic hydroxyl groups excluding tert-OH is 1. The van der Waals surface area contributed by atoms with E-state index in [0.717, 1.165) is 19.3 Å². The van der Waals surface area contributed by atoms with Crippen LogP contribution in [0.4, 0.5) is 0 Å². The minimum absolute atomic E-state index is 0.0440. The van der Waals surface area contributed by atoms with Crippen LogP contribution in [0.25, 0.3) is 6.08 Å². The highest BCUT2D eigenvalue weighted by atomic mass is 16.3. The Kier molecular flexibility index (Phi) is 8.18. The van der Waals surface area contributed by atoms with Crippen LogP contribution in [0.2, 0.25) is 0 Å². The van der Waals surface area contributed by atoms with Crippen molar-refractivity contribution in [2.24, 2.45) is 5.73 Å². The van der Waals surface area contributed by atoms with Gasteiger partial charge in [0, 0.05) is 5.54 Å². The van der Waals surface area contributed by atoms with Crippen LogP contribution in [0.3, 0.4) is 0 Å². The normalized spacial score (nSPS) is 19.3. The molecule has 0 unspecified atom stereocenters. The molecule has 0 bridgehead atoms. The molecule has 0 saturated heterocycles. The number of nitrogens with two attached hydrogens (primary N) is 1. The highest BCUT2D eigenvalue weighted by Crippen LogP contribution is 2.35. The van der Waals surface area contributed by atoms with E-state index in [0.29, 0.717) is 5.92 Å². The zero-order valence-electron chi connectivity index (χ0n) is 16.3. The van der Waals surface area contributed by atoms with E-state index in [9.17, 15) is 5.11 Å². The lowest BCUT2D eigenvalue weighted by Gasteiger charge is -2.28. The SMILES string of the molecule is CCCCCCCCc1ccc2c(c1)C=CCC[C@@H]2C[C@](C)(N)CO. The smallest absolute Gasteiger partial charge is 0.0608 e. The van der Waals surface area contributed by atoms with Gasteiger partial charge in [0.1, 0.15) is 0 Å². The second-order valence-electron chi connectivity index (χ2n) is 8.17. The van der Waals surface area contributed by atoms with E-state index in [-0.39, 0.29) is 6.61 Å². The van der Waals surface area contributed by atoms with Crippen LogP contribution in [0.5, 0.6) is 0 Å². The van der Waals surface area contributed by atoms with Crippen LogP contribution in [-0.4, -0.2) is 17.3 Å². The molecule has 1 aromatic carbocycles. The first-order chi connectivity index (χ1) is 12.1. The van der Waals surface area contributed by atoms with Gasteiger partial charge in [0.05, 0.1) is 6.61 Å². The van der Waals surface area contributed by atoms with Crippen molar-refractivity contribution in [3.63, 3.8) is 0 Å². The fraction of sp³-hybridized carbons (Fsp3) is 0.652. The second kappa shape index (κ2) is 10.1. The molecule has 1 aliphatic rings. The fourth-order valence-corrected chi connectivity index (χ4v) is 3.91. The van der Waals surface area contributed by atoms with E-state index < -0.39 is 5.54 Å². The number of rotatable bonds is 10. The lowest BCUT2D eigenvalue weighted by atomic mass is 9.82. The van der Waals surface area contributed by atoms with Crippen LogP contribution in [0, 0.1) is 0 Å². The van der Waals surface area contributed by atoms with Gasteiger partial charge >= 0.3 is 0 Å². The standard InChI is InChI=1S/C23H37NO/c1-3-4-5-6-7-8-11-19-14-15-22-20(16-19)12-9-10-13-21(22)17-23(2,24)18-25/h9,12,14-16,21,25H,3-8,10-11,13,17-18,24H2,1-2H3/t21-,23+/m1/s1. The van der Waals surface area contributed by atoms with Crippen molar-refractivity contribution in [2.45, 2.75) is 89.5 Å². The molecule has 140 valence electrons. The molecule has 1 aromatic rings. The number of aryl methyl sites for hydroxylation is 1. The molecule has 0 aliphatic heterocycles. The van der Waals surface area contributed by atoms with Crippen molar-refractivity contribution in [3.8, 4) is 0 Å². The highest BCUT2D eigenvalue weighted by molar-refractivity contribution is 5.57. The predicted molar refractivity (Wildman–Crippen MR) is 109 cm³/mol. The van der Waals surface area contributed by atoms with E-state index in [1.54, 1.807) is 0 Å². The maximum atomic E-state index is 9.52. The Hall–Kier alpha value is -1.12. The molecular formula is C23H37NO. The third kappa shape index (κ3) is 6.60. The summed E-state index contributed by atoms with van der Waals surface area (Å²) >= 11 is 0. The van der Waals surface area contributed by atoms with Gasteiger partial charge in [-0.1, -0.05) is 69.4 Å². The van der Waals surface area contributed by atoms with Crippen molar-refractivity contribution in [3.05, 3.63) is 41.0 Å². The number of benzene rings is 1. The lowest BCUT2D eigenvalue weighted by molar-refractivity contribution is 0.191. The summed E-state index contributed by atoms with van der Waals surface area (Å²) in [6, 6.07) is 7.00. The molecule has 2 heteroatoms. The summed E-state index contributed by atoms with van der Waals surface area (Å²) in [6.45, 7) is 4.27. The Morgan fingerprint density at radius 3 is 2.68 bits per heavy atom. The summed E-state index contributed by atoms with van der Waals surface area (Å²) in [6.07, 6.45) is 16.9. The molecule has 0 spiro atoms. The van der Waals surface area contributed by atoms with E-state index >= 15 is 0 Å². The van der Waals surface area contributed by atoms with Crippen LogP contribution < -0.4 is 5.73 Å². The van der Waals surface area contributed by atoms with Crippen LogP contribution in [-0.2, 0) is 6.42 Å². The summed E-state index contributed by atoms with van der Waals surface area (Å²) in [4.78, 5) is 0. The van der Waals surface area contributed by atoms with Crippen LogP contribution >= 0.6 is 0 Å². The third-order valence-corrected chi connectivity index (χ3v) is 5.46. The number of unbranched alkanes of at least 4 members (excludes halogenated alkanes) is 5. The van der Waals surface area contributed by atoms with Crippen LogP contribution in [0.1, 0.15) is 94.2 Å². The van der Waals surface area contributed by atoms with Gasteiger partial charge in [-0.25, -0.2) is 0 Å². The largest absolute Gasteiger partial charge is 0.394 e. The molecule has 0 amide bonds. The molecule has 0 radical (unpaired) electrons.